The SMILES string of the molecule is Cc1ccc(S(=O)(=O)N2C(/C=C/c3ccccc3)COCC2(C)C)cc1. The molecule has 1 atom stereocenters. The highest BCUT2D eigenvalue weighted by Crippen LogP contribution is 2.32. The zero-order chi connectivity index (χ0) is 18.8. The highest BCUT2D eigenvalue weighted by atomic mass is 32.2. The zero-order valence-electron chi connectivity index (χ0n) is 15.4. The first-order valence-corrected chi connectivity index (χ1v) is 10.2. The van der Waals surface area contributed by atoms with Crippen molar-refractivity contribution in [1.29, 1.82) is 0 Å². The molecule has 0 radical (unpaired) electrons. The van der Waals surface area contributed by atoms with E-state index < -0.39 is 15.6 Å². The van der Waals surface area contributed by atoms with Gasteiger partial charge in [-0.25, -0.2) is 8.42 Å². The van der Waals surface area contributed by atoms with Crippen LogP contribution >= 0.6 is 0 Å². The van der Waals surface area contributed by atoms with Crippen LogP contribution in [0.5, 0.6) is 0 Å². The lowest BCUT2D eigenvalue weighted by atomic mass is 10.0. The van der Waals surface area contributed by atoms with Crippen LogP contribution < -0.4 is 0 Å². The first-order chi connectivity index (χ1) is 12.3. The topological polar surface area (TPSA) is 46.6 Å². The van der Waals surface area contributed by atoms with Crippen LogP contribution in [0, 0.1) is 6.92 Å². The third-order valence-electron chi connectivity index (χ3n) is 4.53. The molecule has 2 aromatic rings. The summed E-state index contributed by atoms with van der Waals surface area (Å²) in [5, 5.41) is 0. The van der Waals surface area contributed by atoms with Gasteiger partial charge in [0.15, 0.2) is 0 Å². The number of aryl methyl sites for hydroxylation is 1. The van der Waals surface area contributed by atoms with E-state index in [9.17, 15) is 8.42 Å². The Bertz CT molecular complexity index is 871. The molecule has 1 heterocycles. The summed E-state index contributed by atoms with van der Waals surface area (Å²) in [6, 6.07) is 16.5. The van der Waals surface area contributed by atoms with Gasteiger partial charge in [-0.2, -0.15) is 4.31 Å². The third-order valence-corrected chi connectivity index (χ3v) is 6.68. The van der Waals surface area contributed by atoms with Gasteiger partial charge in [0.1, 0.15) is 0 Å². The minimum atomic E-state index is -3.64. The molecule has 1 fully saturated rings. The van der Waals surface area contributed by atoms with Gasteiger partial charge >= 0.3 is 0 Å². The molecule has 1 saturated heterocycles. The molecule has 1 aliphatic heterocycles. The minimum Gasteiger partial charge on any atom is -0.378 e. The van der Waals surface area contributed by atoms with Crippen molar-refractivity contribution in [2.24, 2.45) is 0 Å². The van der Waals surface area contributed by atoms with Crippen LogP contribution in [-0.4, -0.2) is 37.5 Å². The summed E-state index contributed by atoms with van der Waals surface area (Å²) in [4.78, 5) is 0.316. The standard InChI is InChI=1S/C21H25NO3S/c1-17-9-13-20(14-10-17)26(23,24)22-19(15-25-16-21(22,2)3)12-11-18-7-5-4-6-8-18/h4-14,19H,15-16H2,1-3H3/b12-11+. The van der Waals surface area contributed by atoms with Crippen LogP contribution in [0.4, 0.5) is 0 Å². The quantitative estimate of drug-likeness (QED) is 0.819. The van der Waals surface area contributed by atoms with Gasteiger partial charge in [0, 0.05) is 0 Å². The summed E-state index contributed by atoms with van der Waals surface area (Å²) in [5.74, 6) is 0. The molecule has 5 heteroatoms. The number of sulfonamides is 1. The lowest BCUT2D eigenvalue weighted by Crippen LogP contribution is -2.59. The number of nitrogens with zero attached hydrogens (tertiary/aromatic N) is 1. The Balaban J connectivity index is 1.98. The smallest absolute Gasteiger partial charge is 0.244 e. The maximum absolute atomic E-state index is 13.4. The van der Waals surface area contributed by atoms with E-state index in [1.54, 1.807) is 16.4 Å². The lowest BCUT2D eigenvalue weighted by molar-refractivity contribution is -0.0299. The van der Waals surface area contributed by atoms with Crippen molar-refractivity contribution in [3.05, 3.63) is 71.8 Å². The van der Waals surface area contributed by atoms with Gasteiger partial charge in [-0.3, -0.25) is 0 Å². The predicted molar refractivity (Wildman–Crippen MR) is 104 cm³/mol. The first kappa shape index (κ1) is 18.8. The number of rotatable bonds is 4. The molecule has 138 valence electrons. The van der Waals surface area contributed by atoms with Crippen molar-refractivity contribution in [3.63, 3.8) is 0 Å². The Kier molecular flexibility index (Phi) is 5.32. The maximum atomic E-state index is 13.4. The molecule has 2 aromatic carbocycles. The van der Waals surface area contributed by atoms with Gasteiger partial charge in [0.05, 0.1) is 29.7 Å². The maximum Gasteiger partial charge on any atom is 0.244 e. The van der Waals surface area contributed by atoms with Crippen molar-refractivity contribution in [1.82, 2.24) is 4.31 Å². The Morgan fingerprint density at radius 2 is 1.73 bits per heavy atom. The van der Waals surface area contributed by atoms with Crippen LogP contribution in [0.3, 0.4) is 0 Å². The summed E-state index contributed by atoms with van der Waals surface area (Å²) < 4.78 is 34.0. The summed E-state index contributed by atoms with van der Waals surface area (Å²) in [5.41, 5.74) is 1.43. The number of hydrogen-bond acceptors (Lipinski definition) is 3. The molecular formula is C21H25NO3S. The number of benzene rings is 2. The fourth-order valence-corrected chi connectivity index (χ4v) is 5.16. The molecule has 0 aromatic heterocycles. The zero-order valence-corrected chi connectivity index (χ0v) is 16.2. The third kappa shape index (κ3) is 3.90. The second-order valence-corrected chi connectivity index (χ2v) is 9.09. The average Bonchev–Trinajstić information content (AvgIpc) is 2.60. The van der Waals surface area contributed by atoms with Gasteiger partial charge in [0.25, 0.3) is 0 Å². The molecule has 0 N–H and O–H groups in total. The van der Waals surface area contributed by atoms with Crippen LogP contribution in [0.15, 0.2) is 65.6 Å². The second-order valence-electron chi connectivity index (χ2n) is 7.28. The van der Waals surface area contributed by atoms with Crippen LogP contribution in [-0.2, 0) is 14.8 Å². The van der Waals surface area contributed by atoms with E-state index in [0.717, 1.165) is 11.1 Å². The van der Waals surface area contributed by atoms with Crippen molar-refractivity contribution in [3.8, 4) is 0 Å². The molecule has 0 amide bonds. The van der Waals surface area contributed by atoms with E-state index in [2.05, 4.69) is 0 Å². The monoisotopic (exact) mass is 371 g/mol. The van der Waals surface area contributed by atoms with Crippen LogP contribution in [0.25, 0.3) is 6.08 Å². The van der Waals surface area contributed by atoms with E-state index in [1.165, 1.54) is 0 Å². The number of hydrogen-bond donors (Lipinski definition) is 0. The number of morpholine rings is 1. The Morgan fingerprint density at radius 1 is 1.08 bits per heavy atom. The predicted octanol–water partition coefficient (Wildman–Crippen LogP) is 3.88. The molecule has 0 aliphatic carbocycles. The summed E-state index contributed by atoms with van der Waals surface area (Å²) in [7, 11) is -3.64. The van der Waals surface area contributed by atoms with Crippen molar-refractivity contribution >= 4 is 16.1 Å². The van der Waals surface area contributed by atoms with Crippen molar-refractivity contribution in [2.75, 3.05) is 13.2 Å². The normalized spacial score (nSPS) is 21.1. The fraction of sp³-hybridized carbons (Fsp3) is 0.333. The molecule has 3 rings (SSSR count). The summed E-state index contributed by atoms with van der Waals surface area (Å²) >= 11 is 0. The molecule has 26 heavy (non-hydrogen) atoms. The Labute approximate surface area is 156 Å². The Hall–Kier alpha value is -1.95. The molecule has 4 nitrogen and oxygen atoms in total. The largest absolute Gasteiger partial charge is 0.378 e. The minimum absolute atomic E-state index is 0.316. The molecule has 1 aliphatic rings. The second kappa shape index (κ2) is 7.35. The molecule has 1 unspecified atom stereocenters. The molecule has 0 bridgehead atoms. The Morgan fingerprint density at radius 3 is 2.38 bits per heavy atom. The van der Waals surface area contributed by atoms with E-state index in [4.69, 9.17) is 4.74 Å². The van der Waals surface area contributed by atoms with Crippen molar-refractivity contribution < 1.29 is 13.2 Å². The average molecular weight is 372 g/mol. The summed E-state index contributed by atoms with van der Waals surface area (Å²) in [6.45, 7) is 6.47. The molecule has 0 spiro atoms. The fourth-order valence-electron chi connectivity index (χ4n) is 3.26. The van der Waals surface area contributed by atoms with E-state index in [1.807, 2.05) is 75.4 Å². The van der Waals surface area contributed by atoms with Gasteiger partial charge in [-0.05, 0) is 38.5 Å². The summed E-state index contributed by atoms with van der Waals surface area (Å²) in [6.07, 6.45) is 3.87. The van der Waals surface area contributed by atoms with Gasteiger partial charge in [-0.15, -0.1) is 0 Å². The van der Waals surface area contributed by atoms with E-state index >= 15 is 0 Å². The van der Waals surface area contributed by atoms with Gasteiger partial charge in [-0.1, -0.05) is 60.2 Å². The van der Waals surface area contributed by atoms with Gasteiger partial charge in [0.2, 0.25) is 10.0 Å². The van der Waals surface area contributed by atoms with E-state index in [0.29, 0.717) is 18.1 Å². The highest BCUT2D eigenvalue weighted by molar-refractivity contribution is 7.89. The molecular weight excluding hydrogens is 346 g/mol. The first-order valence-electron chi connectivity index (χ1n) is 8.73. The van der Waals surface area contributed by atoms with E-state index in [-0.39, 0.29) is 6.04 Å². The molecule has 0 saturated carbocycles. The van der Waals surface area contributed by atoms with Crippen LogP contribution in [0.1, 0.15) is 25.0 Å². The van der Waals surface area contributed by atoms with Crippen LogP contribution in [0.2, 0.25) is 0 Å². The van der Waals surface area contributed by atoms with Gasteiger partial charge < -0.3 is 4.74 Å². The number of ether oxygens (including phenoxy) is 1. The highest BCUT2D eigenvalue weighted by Gasteiger charge is 2.44. The van der Waals surface area contributed by atoms with Crippen molar-refractivity contribution in [2.45, 2.75) is 37.2 Å². The lowest BCUT2D eigenvalue weighted by Gasteiger charge is -2.45.